The summed E-state index contributed by atoms with van der Waals surface area (Å²) < 4.78 is 0. The van der Waals surface area contributed by atoms with E-state index in [0.717, 1.165) is 54.4 Å². The van der Waals surface area contributed by atoms with Gasteiger partial charge >= 0.3 is 0 Å². The first-order valence-electron chi connectivity index (χ1n) is 8.51. The number of carbonyl (C=O) groups excluding carboxylic acids is 1. The van der Waals surface area contributed by atoms with Gasteiger partial charge in [0.1, 0.15) is 0 Å². The number of hydrogen-bond donors (Lipinski definition) is 2. The van der Waals surface area contributed by atoms with Crippen molar-refractivity contribution in [2.45, 2.75) is 37.6 Å². The first-order valence-corrected chi connectivity index (χ1v) is 8.51. The lowest BCUT2D eigenvalue weighted by Crippen LogP contribution is -2.57. The van der Waals surface area contributed by atoms with E-state index in [2.05, 4.69) is 25.1 Å². The van der Waals surface area contributed by atoms with Crippen LogP contribution in [0, 0.1) is 0 Å². The molecule has 5 rings (SSSR count). The molecule has 0 bridgehead atoms. The summed E-state index contributed by atoms with van der Waals surface area (Å²) in [5.41, 5.74) is 4.14. The van der Waals surface area contributed by atoms with E-state index in [4.69, 9.17) is 0 Å². The molecule has 24 heavy (non-hydrogen) atoms. The van der Waals surface area contributed by atoms with Crippen molar-refractivity contribution in [2.75, 3.05) is 6.54 Å². The highest BCUT2D eigenvalue weighted by Gasteiger charge is 2.50. The molecule has 0 unspecified atom stereocenters. The predicted molar refractivity (Wildman–Crippen MR) is 89.3 cm³/mol. The molecule has 1 aliphatic carbocycles. The molecule has 0 atom stereocenters. The largest absolute Gasteiger partial charge is 0.348 e. The molecule has 1 amide bonds. The Balaban J connectivity index is 1.44. The van der Waals surface area contributed by atoms with E-state index >= 15 is 0 Å². The molecule has 3 heterocycles. The molecule has 0 radical (unpaired) electrons. The maximum absolute atomic E-state index is 13.0. The maximum atomic E-state index is 13.0. The van der Waals surface area contributed by atoms with Gasteiger partial charge < -0.3 is 9.88 Å². The minimum Gasteiger partial charge on any atom is -0.348 e. The van der Waals surface area contributed by atoms with Crippen molar-refractivity contribution < 1.29 is 4.79 Å². The number of aromatic amines is 2. The van der Waals surface area contributed by atoms with Crippen LogP contribution in [0.15, 0.2) is 30.7 Å². The van der Waals surface area contributed by atoms with E-state index in [0.29, 0.717) is 6.42 Å². The van der Waals surface area contributed by atoms with Gasteiger partial charge in [0, 0.05) is 24.0 Å². The second-order valence-electron chi connectivity index (χ2n) is 6.88. The van der Waals surface area contributed by atoms with Crippen LogP contribution < -0.4 is 0 Å². The number of fused-ring (bicyclic) bond motifs is 3. The molecular weight excluding hydrogens is 302 g/mol. The number of benzene rings is 1. The number of carbonyl (C=O) groups is 1. The molecule has 0 saturated heterocycles. The van der Waals surface area contributed by atoms with Crippen molar-refractivity contribution in [3.63, 3.8) is 0 Å². The molecule has 1 fully saturated rings. The highest BCUT2D eigenvalue weighted by molar-refractivity contribution is 5.83. The maximum Gasteiger partial charge on any atom is 0.227 e. The van der Waals surface area contributed by atoms with Gasteiger partial charge in [-0.3, -0.25) is 9.89 Å². The molecule has 1 saturated carbocycles. The van der Waals surface area contributed by atoms with Crippen LogP contribution >= 0.6 is 0 Å². The molecule has 6 heteroatoms. The fourth-order valence-corrected chi connectivity index (χ4v) is 4.22. The Morgan fingerprint density at radius 3 is 3.08 bits per heavy atom. The number of nitrogens with one attached hydrogen (secondary N) is 2. The molecule has 2 N–H and O–H groups in total. The number of rotatable bonds is 2. The van der Waals surface area contributed by atoms with E-state index in [1.54, 1.807) is 12.5 Å². The highest BCUT2D eigenvalue weighted by atomic mass is 16.2. The van der Waals surface area contributed by atoms with E-state index in [1.807, 2.05) is 18.2 Å². The molecule has 1 spiro atoms. The first-order chi connectivity index (χ1) is 11.8. The van der Waals surface area contributed by atoms with E-state index < -0.39 is 0 Å². The van der Waals surface area contributed by atoms with Gasteiger partial charge in [-0.05, 0) is 30.9 Å². The molecule has 122 valence electrons. The van der Waals surface area contributed by atoms with Gasteiger partial charge in [0.15, 0.2) is 0 Å². The smallest absolute Gasteiger partial charge is 0.227 e. The number of aromatic nitrogens is 4. The van der Waals surface area contributed by atoms with Crippen LogP contribution in [-0.4, -0.2) is 37.5 Å². The van der Waals surface area contributed by atoms with Crippen molar-refractivity contribution in [3.05, 3.63) is 47.7 Å². The summed E-state index contributed by atoms with van der Waals surface area (Å²) in [6.07, 6.45) is 8.07. The Morgan fingerprint density at radius 1 is 1.33 bits per heavy atom. The fraction of sp³-hybridized carbons (Fsp3) is 0.389. The van der Waals surface area contributed by atoms with Gasteiger partial charge in [-0.15, -0.1) is 0 Å². The Hall–Kier alpha value is -2.63. The lowest BCUT2D eigenvalue weighted by molar-refractivity contribution is -0.143. The third kappa shape index (κ3) is 1.85. The van der Waals surface area contributed by atoms with E-state index in [9.17, 15) is 4.79 Å². The molecule has 6 nitrogen and oxygen atoms in total. The summed E-state index contributed by atoms with van der Waals surface area (Å²) in [5.74, 6) is 0.196. The molecule has 1 aromatic carbocycles. The monoisotopic (exact) mass is 321 g/mol. The average Bonchev–Trinajstić information content (AvgIpc) is 3.20. The minimum atomic E-state index is -0.164. The van der Waals surface area contributed by atoms with Crippen LogP contribution in [0.25, 0.3) is 10.9 Å². The van der Waals surface area contributed by atoms with E-state index in [-0.39, 0.29) is 11.4 Å². The highest BCUT2D eigenvalue weighted by Crippen LogP contribution is 2.49. The summed E-state index contributed by atoms with van der Waals surface area (Å²) in [5, 5.41) is 8.09. The number of hydrogen-bond acceptors (Lipinski definition) is 3. The third-order valence-electron chi connectivity index (χ3n) is 5.60. The molecular formula is C18H19N5O. The van der Waals surface area contributed by atoms with Crippen molar-refractivity contribution in [1.82, 2.24) is 25.1 Å². The van der Waals surface area contributed by atoms with Crippen molar-refractivity contribution in [2.24, 2.45) is 0 Å². The summed E-state index contributed by atoms with van der Waals surface area (Å²) in [7, 11) is 0. The standard InChI is InChI=1S/C18H19N5O/c24-16(9-12-2-3-13-10-21-22-15(13)8-12)23-7-4-14-17(20-11-19-14)18(23)5-1-6-18/h2-3,8,10-11H,1,4-7,9H2,(H,19,20)(H,21,22). The number of H-pyrrole nitrogens is 2. The second-order valence-corrected chi connectivity index (χ2v) is 6.88. The summed E-state index contributed by atoms with van der Waals surface area (Å²) in [4.78, 5) is 22.9. The Kier molecular flexibility index (Phi) is 2.83. The number of nitrogens with zero attached hydrogens (tertiary/aromatic N) is 3. The fourth-order valence-electron chi connectivity index (χ4n) is 4.22. The van der Waals surface area contributed by atoms with Gasteiger partial charge in [-0.2, -0.15) is 5.10 Å². The van der Waals surface area contributed by atoms with Gasteiger partial charge in [-0.1, -0.05) is 12.1 Å². The predicted octanol–water partition coefficient (Wildman–Crippen LogP) is 2.29. The minimum absolute atomic E-state index is 0.164. The molecule has 3 aromatic rings. The molecule has 2 aliphatic rings. The van der Waals surface area contributed by atoms with Gasteiger partial charge in [0.25, 0.3) is 0 Å². The molecule has 2 aromatic heterocycles. The average molecular weight is 321 g/mol. The Morgan fingerprint density at radius 2 is 2.25 bits per heavy atom. The van der Waals surface area contributed by atoms with Crippen LogP contribution in [-0.2, 0) is 23.2 Å². The van der Waals surface area contributed by atoms with Crippen molar-refractivity contribution in [1.29, 1.82) is 0 Å². The van der Waals surface area contributed by atoms with E-state index in [1.165, 1.54) is 5.69 Å². The zero-order valence-corrected chi connectivity index (χ0v) is 13.4. The van der Waals surface area contributed by atoms with Crippen LogP contribution in [0.5, 0.6) is 0 Å². The summed E-state index contributed by atoms with van der Waals surface area (Å²) in [6, 6.07) is 6.06. The van der Waals surface area contributed by atoms with Crippen LogP contribution in [0.2, 0.25) is 0 Å². The van der Waals surface area contributed by atoms with Crippen LogP contribution in [0.3, 0.4) is 0 Å². The number of amides is 1. The molecule has 1 aliphatic heterocycles. The normalized spacial score (nSPS) is 18.6. The lowest BCUT2D eigenvalue weighted by Gasteiger charge is -2.52. The van der Waals surface area contributed by atoms with Gasteiger partial charge in [0.05, 0.1) is 35.7 Å². The summed E-state index contributed by atoms with van der Waals surface area (Å²) >= 11 is 0. The van der Waals surface area contributed by atoms with Gasteiger partial charge in [-0.25, -0.2) is 4.98 Å². The van der Waals surface area contributed by atoms with Crippen molar-refractivity contribution in [3.8, 4) is 0 Å². The number of imidazole rings is 1. The van der Waals surface area contributed by atoms with Crippen LogP contribution in [0.1, 0.15) is 36.2 Å². The Labute approximate surface area is 139 Å². The lowest BCUT2D eigenvalue weighted by atomic mass is 9.70. The van der Waals surface area contributed by atoms with Gasteiger partial charge in [0.2, 0.25) is 5.91 Å². The zero-order chi connectivity index (χ0) is 16.1. The first kappa shape index (κ1) is 13.8. The van der Waals surface area contributed by atoms with Crippen molar-refractivity contribution >= 4 is 16.8 Å². The SMILES string of the molecule is O=C(Cc1ccc2cn[nH]c2c1)N1CCc2[nH]cnc2C12CCC2. The zero-order valence-electron chi connectivity index (χ0n) is 13.4. The van der Waals surface area contributed by atoms with Crippen LogP contribution in [0.4, 0.5) is 0 Å². The topological polar surface area (TPSA) is 77.7 Å². The Bertz CT molecular complexity index is 920. The quantitative estimate of drug-likeness (QED) is 0.760. The second kappa shape index (κ2) is 4.93. The third-order valence-corrected chi connectivity index (χ3v) is 5.60. The summed E-state index contributed by atoms with van der Waals surface area (Å²) in [6.45, 7) is 0.778.